The van der Waals surface area contributed by atoms with E-state index in [2.05, 4.69) is 10.0 Å². The highest BCUT2D eigenvalue weighted by Crippen LogP contribution is 2.25. The lowest BCUT2D eigenvalue weighted by Crippen LogP contribution is -2.28. The molecule has 184 valence electrons. The Kier molecular flexibility index (Phi) is 7.18. The molecular formula is C24H24ClN3O5S2. The summed E-state index contributed by atoms with van der Waals surface area (Å²) >= 11 is 5.91. The zero-order valence-corrected chi connectivity index (χ0v) is 21.3. The number of carbonyl (C=O) groups excluding carboxylic acids is 1. The lowest BCUT2D eigenvalue weighted by atomic mass is 10.1. The lowest BCUT2D eigenvalue weighted by Gasteiger charge is -2.17. The van der Waals surface area contributed by atoms with E-state index in [0.717, 1.165) is 12.8 Å². The van der Waals surface area contributed by atoms with Gasteiger partial charge in [0, 0.05) is 29.4 Å². The van der Waals surface area contributed by atoms with Gasteiger partial charge in [0.1, 0.15) is 0 Å². The minimum atomic E-state index is -3.86. The third-order valence-electron chi connectivity index (χ3n) is 5.66. The van der Waals surface area contributed by atoms with E-state index in [1.807, 2.05) is 0 Å². The highest BCUT2D eigenvalue weighted by Gasteiger charge is 2.28. The van der Waals surface area contributed by atoms with Crippen LogP contribution >= 0.6 is 11.6 Å². The molecule has 0 radical (unpaired) electrons. The van der Waals surface area contributed by atoms with Crippen LogP contribution in [-0.4, -0.2) is 40.1 Å². The fourth-order valence-corrected chi connectivity index (χ4v) is 6.55. The second-order valence-corrected chi connectivity index (χ2v) is 12.2. The first-order valence-corrected chi connectivity index (χ1v) is 14.2. The van der Waals surface area contributed by atoms with E-state index < -0.39 is 26.0 Å². The van der Waals surface area contributed by atoms with Crippen LogP contribution in [0, 0.1) is 6.92 Å². The number of amides is 1. The van der Waals surface area contributed by atoms with E-state index in [1.165, 1.54) is 46.8 Å². The van der Waals surface area contributed by atoms with E-state index in [4.69, 9.17) is 11.6 Å². The van der Waals surface area contributed by atoms with Gasteiger partial charge in [-0.3, -0.25) is 9.52 Å². The molecule has 1 aliphatic heterocycles. The predicted octanol–water partition coefficient (Wildman–Crippen LogP) is 4.49. The van der Waals surface area contributed by atoms with Crippen LogP contribution in [0.2, 0.25) is 5.02 Å². The maximum absolute atomic E-state index is 12.9. The van der Waals surface area contributed by atoms with Gasteiger partial charge in [-0.2, -0.15) is 4.31 Å². The van der Waals surface area contributed by atoms with Gasteiger partial charge in [0.2, 0.25) is 10.0 Å². The summed E-state index contributed by atoms with van der Waals surface area (Å²) in [7, 11) is -7.52. The summed E-state index contributed by atoms with van der Waals surface area (Å²) in [5.74, 6) is -0.492. The molecule has 0 unspecified atom stereocenters. The van der Waals surface area contributed by atoms with Crippen molar-refractivity contribution in [3.63, 3.8) is 0 Å². The Balaban J connectivity index is 1.50. The van der Waals surface area contributed by atoms with Crippen LogP contribution in [-0.2, 0) is 20.0 Å². The molecule has 4 rings (SSSR count). The van der Waals surface area contributed by atoms with Crippen molar-refractivity contribution in [2.75, 3.05) is 23.1 Å². The molecule has 0 aliphatic carbocycles. The average molecular weight is 534 g/mol. The molecule has 11 heteroatoms. The number of sulfonamides is 2. The fraction of sp³-hybridized carbons (Fsp3) is 0.208. The number of carbonyl (C=O) groups is 1. The molecule has 35 heavy (non-hydrogen) atoms. The van der Waals surface area contributed by atoms with Crippen molar-refractivity contribution < 1.29 is 21.6 Å². The van der Waals surface area contributed by atoms with Crippen LogP contribution in [0.4, 0.5) is 11.4 Å². The Hall–Kier alpha value is -2.92. The first-order valence-electron chi connectivity index (χ1n) is 10.9. The zero-order valence-electron chi connectivity index (χ0n) is 18.9. The largest absolute Gasteiger partial charge is 0.322 e. The van der Waals surface area contributed by atoms with Crippen LogP contribution in [0.1, 0.15) is 28.8 Å². The fourth-order valence-electron chi connectivity index (χ4n) is 3.77. The molecule has 3 aromatic rings. The van der Waals surface area contributed by atoms with E-state index in [1.54, 1.807) is 31.2 Å². The van der Waals surface area contributed by atoms with Crippen LogP contribution < -0.4 is 10.0 Å². The molecule has 0 aromatic heterocycles. The van der Waals surface area contributed by atoms with Crippen molar-refractivity contribution in [1.82, 2.24) is 4.31 Å². The van der Waals surface area contributed by atoms with Crippen molar-refractivity contribution in [3.8, 4) is 0 Å². The monoisotopic (exact) mass is 533 g/mol. The van der Waals surface area contributed by atoms with Crippen molar-refractivity contribution >= 4 is 48.9 Å². The molecule has 1 saturated heterocycles. The van der Waals surface area contributed by atoms with Gasteiger partial charge in [0.15, 0.2) is 0 Å². The summed E-state index contributed by atoms with van der Waals surface area (Å²) < 4.78 is 54.9. The molecule has 2 N–H and O–H groups in total. The smallest absolute Gasteiger partial charge is 0.261 e. The Labute approximate surface area is 210 Å². The van der Waals surface area contributed by atoms with Gasteiger partial charge in [-0.15, -0.1) is 0 Å². The molecule has 1 aliphatic rings. The third kappa shape index (κ3) is 5.67. The molecule has 1 fully saturated rings. The van der Waals surface area contributed by atoms with Gasteiger partial charge >= 0.3 is 0 Å². The summed E-state index contributed by atoms with van der Waals surface area (Å²) in [5, 5.41) is 3.10. The molecule has 1 heterocycles. The number of halogens is 1. The highest BCUT2D eigenvalue weighted by molar-refractivity contribution is 7.92. The third-order valence-corrected chi connectivity index (χ3v) is 9.18. The van der Waals surface area contributed by atoms with Gasteiger partial charge in [-0.05, 0) is 79.9 Å². The molecule has 0 spiro atoms. The predicted molar refractivity (Wildman–Crippen MR) is 136 cm³/mol. The Morgan fingerprint density at radius 2 is 1.51 bits per heavy atom. The van der Waals surface area contributed by atoms with Gasteiger partial charge in [0.05, 0.1) is 15.5 Å². The standard InChI is InChI=1S/C24H24ClN3O5S2/c1-17-7-10-22(35(32,33)28-13-2-3-14-28)16-23(17)24(29)26-19-8-11-21(12-9-19)34(30,31)27-20-6-4-5-18(25)15-20/h4-12,15-16,27H,2-3,13-14H2,1H3,(H,26,29). The van der Waals surface area contributed by atoms with Gasteiger partial charge in [0.25, 0.3) is 15.9 Å². The summed E-state index contributed by atoms with van der Waals surface area (Å²) in [4.78, 5) is 13.0. The number of hydrogen-bond donors (Lipinski definition) is 2. The van der Waals surface area contributed by atoms with Crippen LogP contribution in [0.25, 0.3) is 0 Å². The number of nitrogens with zero attached hydrogens (tertiary/aromatic N) is 1. The van der Waals surface area contributed by atoms with Crippen LogP contribution in [0.5, 0.6) is 0 Å². The first-order chi connectivity index (χ1) is 16.6. The number of rotatable bonds is 7. The summed E-state index contributed by atoms with van der Waals surface area (Å²) in [6.07, 6.45) is 1.64. The minimum absolute atomic E-state index is 0.00496. The number of nitrogens with one attached hydrogen (secondary N) is 2. The normalized spacial score (nSPS) is 14.6. The molecule has 3 aromatic carbocycles. The molecular weight excluding hydrogens is 510 g/mol. The van der Waals surface area contributed by atoms with E-state index in [0.29, 0.717) is 35.1 Å². The Morgan fingerprint density at radius 3 is 2.17 bits per heavy atom. The van der Waals surface area contributed by atoms with Gasteiger partial charge in [-0.1, -0.05) is 23.7 Å². The topological polar surface area (TPSA) is 113 Å². The van der Waals surface area contributed by atoms with Crippen molar-refractivity contribution in [2.45, 2.75) is 29.6 Å². The van der Waals surface area contributed by atoms with E-state index in [9.17, 15) is 21.6 Å². The second kappa shape index (κ2) is 9.98. The van der Waals surface area contributed by atoms with Crippen molar-refractivity contribution in [1.29, 1.82) is 0 Å². The summed E-state index contributed by atoms with van der Waals surface area (Å²) in [6.45, 7) is 2.66. The van der Waals surface area contributed by atoms with Crippen LogP contribution in [0.15, 0.2) is 76.5 Å². The molecule has 0 saturated carbocycles. The Morgan fingerprint density at radius 1 is 0.857 bits per heavy atom. The highest BCUT2D eigenvalue weighted by atomic mass is 35.5. The molecule has 0 atom stereocenters. The molecule has 8 nitrogen and oxygen atoms in total. The van der Waals surface area contributed by atoms with Crippen molar-refractivity contribution in [3.05, 3.63) is 82.9 Å². The minimum Gasteiger partial charge on any atom is -0.322 e. The maximum Gasteiger partial charge on any atom is 0.261 e. The van der Waals surface area contributed by atoms with Crippen LogP contribution in [0.3, 0.4) is 0 Å². The summed E-state index contributed by atoms with van der Waals surface area (Å²) in [6, 6.07) is 16.5. The molecule has 1 amide bonds. The number of anilines is 2. The maximum atomic E-state index is 12.9. The first kappa shape index (κ1) is 25.2. The molecule has 0 bridgehead atoms. The van der Waals surface area contributed by atoms with Gasteiger partial charge in [-0.25, -0.2) is 16.8 Å². The SMILES string of the molecule is Cc1ccc(S(=O)(=O)N2CCCC2)cc1C(=O)Nc1ccc(S(=O)(=O)Nc2cccc(Cl)c2)cc1. The lowest BCUT2D eigenvalue weighted by molar-refractivity contribution is 0.102. The van der Waals surface area contributed by atoms with Gasteiger partial charge < -0.3 is 5.32 Å². The van der Waals surface area contributed by atoms with E-state index in [-0.39, 0.29) is 15.4 Å². The Bertz CT molecular complexity index is 1470. The van der Waals surface area contributed by atoms with E-state index >= 15 is 0 Å². The summed E-state index contributed by atoms with van der Waals surface area (Å²) in [5.41, 5.74) is 1.54. The second-order valence-electron chi connectivity index (χ2n) is 8.18. The number of benzene rings is 3. The number of hydrogen-bond acceptors (Lipinski definition) is 5. The average Bonchev–Trinajstić information content (AvgIpc) is 3.35. The quantitative estimate of drug-likeness (QED) is 0.465. The number of aryl methyl sites for hydroxylation is 1. The zero-order chi connectivity index (χ0) is 25.2. The van der Waals surface area contributed by atoms with Crippen molar-refractivity contribution in [2.24, 2.45) is 0 Å².